The molecule has 0 N–H and O–H groups in total. The van der Waals surface area contributed by atoms with Crippen LogP contribution in [0.15, 0.2) is 46.9 Å². The van der Waals surface area contributed by atoms with Gasteiger partial charge in [0.05, 0.1) is 24.4 Å². The van der Waals surface area contributed by atoms with Gasteiger partial charge in [0.1, 0.15) is 12.4 Å². The van der Waals surface area contributed by atoms with Gasteiger partial charge >= 0.3 is 0 Å². The molecule has 1 aliphatic heterocycles. The van der Waals surface area contributed by atoms with E-state index < -0.39 is 0 Å². The minimum Gasteiger partial charge on any atom is -0.489 e. The SMILES string of the molecule is COCCOc1ccccc1N1C(=O)Cc2ccc(Br)cc21. The Balaban J connectivity index is 1.98. The van der Waals surface area contributed by atoms with E-state index in [1.54, 1.807) is 12.0 Å². The molecule has 3 rings (SSSR count). The number of hydrogen-bond acceptors (Lipinski definition) is 3. The largest absolute Gasteiger partial charge is 0.489 e. The van der Waals surface area contributed by atoms with E-state index in [1.807, 2.05) is 42.5 Å². The van der Waals surface area contributed by atoms with Gasteiger partial charge in [-0.1, -0.05) is 34.1 Å². The zero-order valence-corrected chi connectivity index (χ0v) is 13.8. The molecule has 0 spiro atoms. The lowest BCUT2D eigenvalue weighted by atomic mass is 10.2. The van der Waals surface area contributed by atoms with Crippen LogP contribution in [0, 0.1) is 0 Å². The Kier molecular flexibility index (Phi) is 4.45. The molecule has 1 heterocycles. The molecule has 4 nitrogen and oxygen atoms in total. The maximum absolute atomic E-state index is 12.5. The van der Waals surface area contributed by atoms with Gasteiger partial charge in [0.25, 0.3) is 0 Å². The predicted molar refractivity (Wildman–Crippen MR) is 88.8 cm³/mol. The van der Waals surface area contributed by atoms with Crippen molar-refractivity contribution < 1.29 is 14.3 Å². The highest BCUT2D eigenvalue weighted by molar-refractivity contribution is 9.10. The smallest absolute Gasteiger partial charge is 0.236 e. The Morgan fingerprint density at radius 1 is 1.14 bits per heavy atom. The first-order valence-electron chi connectivity index (χ1n) is 7.03. The number of para-hydroxylation sites is 2. The van der Waals surface area contributed by atoms with Gasteiger partial charge in [-0.05, 0) is 29.8 Å². The molecule has 0 saturated heterocycles. The summed E-state index contributed by atoms with van der Waals surface area (Å²) in [5.41, 5.74) is 2.70. The average Bonchev–Trinajstić information content (AvgIpc) is 2.83. The van der Waals surface area contributed by atoms with Crippen molar-refractivity contribution in [3.05, 3.63) is 52.5 Å². The van der Waals surface area contributed by atoms with Crippen molar-refractivity contribution in [1.82, 2.24) is 0 Å². The summed E-state index contributed by atoms with van der Waals surface area (Å²) in [5.74, 6) is 0.733. The van der Waals surface area contributed by atoms with Crippen LogP contribution in [0.25, 0.3) is 0 Å². The fraction of sp³-hybridized carbons (Fsp3) is 0.235. The number of nitrogens with zero attached hydrogens (tertiary/aromatic N) is 1. The van der Waals surface area contributed by atoms with E-state index in [0.717, 1.165) is 21.4 Å². The van der Waals surface area contributed by atoms with Crippen LogP contribution in [0.5, 0.6) is 5.75 Å². The highest BCUT2D eigenvalue weighted by Crippen LogP contribution is 2.41. The highest BCUT2D eigenvalue weighted by atomic mass is 79.9. The summed E-state index contributed by atoms with van der Waals surface area (Å²) in [5, 5.41) is 0. The lowest BCUT2D eigenvalue weighted by Gasteiger charge is -2.21. The molecule has 0 aliphatic carbocycles. The first kappa shape index (κ1) is 15.1. The second-order valence-electron chi connectivity index (χ2n) is 4.99. The standard InChI is InChI=1S/C17H16BrNO3/c1-21-8-9-22-16-5-3-2-4-14(16)19-15-11-13(18)7-6-12(15)10-17(19)20/h2-7,11H,8-10H2,1H3. The number of hydrogen-bond donors (Lipinski definition) is 0. The number of amides is 1. The summed E-state index contributed by atoms with van der Waals surface area (Å²) in [7, 11) is 1.63. The minimum atomic E-state index is 0.0518. The summed E-state index contributed by atoms with van der Waals surface area (Å²) in [6.07, 6.45) is 0.412. The average molecular weight is 362 g/mol. The maximum atomic E-state index is 12.5. The van der Waals surface area contributed by atoms with Crippen LogP contribution < -0.4 is 9.64 Å². The van der Waals surface area contributed by atoms with Crippen molar-refractivity contribution in [2.45, 2.75) is 6.42 Å². The van der Waals surface area contributed by atoms with Crippen molar-refractivity contribution in [1.29, 1.82) is 0 Å². The third kappa shape index (κ3) is 2.87. The molecule has 0 atom stereocenters. The highest BCUT2D eigenvalue weighted by Gasteiger charge is 2.30. The lowest BCUT2D eigenvalue weighted by Crippen LogP contribution is -2.21. The van der Waals surface area contributed by atoms with Crippen molar-refractivity contribution >= 4 is 33.2 Å². The van der Waals surface area contributed by atoms with Crippen molar-refractivity contribution in [2.24, 2.45) is 0 Å². The minimum absolute atomic E-state index is 0.0518. The van der Waals surface area contributed by atoms with Gasteiger partial charge in [-0.2, -0.15) is 0 Å². The number of anilines is 2. The summed E-state index contributed by atoms with van der Waals surface area (Å²) in [6, 6.07) is 13.5. The normalized spacial score (nSPS) is 13.4. The van der Waals surface area contributed by atoms with Crippen LogP contribution in [0.1, 0.15) is 5.56 Å². The Hall–Kier alpha value is -1.85. The van der Waals surface area contributed by atoms with Crippen molar-refractivity contribution in [3.8, 4) is 5.75 Å². The second kappa shape index (κ2) is 6.50. The van der Waals surface area contributed by atoms with E-state index in [0.29, 0.717) is 25.4 Å². The van der Waals surface area contributed by atoms with Crippen LogP contribution in [0.2, 0.25) is 0 Å². The molecule has 0 radical (unpaired) electrons. The van der Waals surface area contributed by atoms with E-state index in [9.17, 15) is 4.79 Å². The lowest BCUT2D eigenvalue weighted by molar-refractivity contribution is -0.116. The molecule has 0 saturated carbocycles. The first-order chi connectivity index (χ1) is 10.7. The van der Waals surface area contributed by atoms with Crippen LogP contribution in [-0.4, -0.2) is 26.2 Å². The molecule has 0 aromatic heterocycles. The van der Waals surface area contributed by atoms with Crippen LogP contribution >= 0.6 is 15.9 Å². The van der Waals surface area contributed by atoms with Crippen LogP contribution in [0.4, 0.5) is 11.4 Å². The predicted octanol–water partition coefficient (Wildman–Crippen LogP) is 3.70. The van der Waals surface area contributed by atoms with Gasteiger partial charge in [-0.15, -0.1) is 0 Å². The van der Waals surface area contributed by atoms with Gasteiger partial charge in [-0.25, -0.2) is 0 Å². The van der Waals surface area contributed by atoms with E-state index in [4.69, 9.17) is 9.47 Å². The third-order valence-electron chi connectivity index (χ3n) is 3.53. The Labute approximate surface area is 137 Å². The van der Waals surface area contributed by atoms with Gasteiger partial charge in [0.15, 0.2) is 0 Å². The van der Waals surface area contributed by atoms with Gasteiger partial charge in [-0.3, -0.25) is 9.69 Å². The molecule has 22 heavy (non-hydrogen) atoms. The fourth-order valence-electron chi connectivity index (χ4n) is 2.53. The third-order valence-corrected chi connectivity index (χ3v) is 4.02. The fourth-order valence-corrected chi connectivity index (χ4v) is 2.88. The molecule has 1 aliphatic rings. The molecule has 2 aromatic rings. The zero-order chi connectivity index (χ0) is 15.5. The summed E-state index contributed by atoms with van der Waals surface area (Å²) in [6.45, 7) is 0.950. The number of ether oxygens (including phenoxy) is 2. The number of methoxy groups -OCH3 is 1. The van der Waals surface area contributed by atoms with Crippen LogP contribution in [-0.2, 0) is 16.0 Å². The van der Waals surface area contributed by atoms with E-state index in [2.05, 4.69) is 15.9 Å². The van der Waals surface area contributed by atoms with E-state index in [1.165, 1.54) is 0 Å². The number of benzene rings is 2. The molecular weight excluding hydrogens is 346 g/mol. The molecule has 0 unspecified atom stereocenters. The quantitative estimate of drug-likeness (QED) is 0.762. The first-order valence-corrected chi connectivity index (χ1v) is 7.82. The Morgan fingerprint density at radius 2 is 1.95 bits per heavy atom. The Morgan fingerprint density at radius 3 is 2.77 bits per heavy atom. The second-order valence-corrected chi connectivity index (χ2v) is 5.90. The van der Waals surface area contributed by atoms with E-state index in [-0.39, 0.29) is 5.91 Å². The van der Waals surface area contributed by atoms with Gasteiger partial charge in [0.2, 0.25) is 5.91 Å². The van der Waals surface area contributed by atoms with E-state index >= 15 is 0 Å². The maximum Gasteiger partial charge on any atom is 0.236 e. The van der Waals surface area contributed by atoms with Gasteiger partial charge < -0.3 is 9.47 Å². The van der Waals surface area contributed by atoms with Crippen molar-refractivity contribution in [2.75, 3.05) is 25.2 Å². The monoisotopic (exact) mass is 361 g/mol. The summed E-state index contributed by atoms with van der Waals surface area (Å²) >= 11 is 3.47. The molecular formula is C17H16BrNO3. The van der Waals surface area contributed by atoms with Crippen LogP contribution in [0.3, 0.4) is 0 Å². The number of halogens is 1. The van der Waals surface area contributed by atoms with Gasteiger partial charge in [0, 0.05) is 11.6 Å². The number of rotatable bonds is 5. The number of carbonyl (C=O) groups is 1. The zero-order valence-electron chi connectivity index (χ0n) is 12.2. The van der Waals surface area contributed by atoms with Crippen molar-refractivity contribution in [3.63, 3.8) is 0 Å². The molecule has 114 valence electrons. The Bertz CT molecular complexity index is 702. The summed E-state index contributed by atoms with van der Waals surface area (Å²) < 4.78 is 11.7. The molecule has 0 fully saturated rings. The molecule has 1 amide bonds. The molecule has 5 heteroatoms. The number of carbonyl (C=O) groups excluding carboxylic acids is 1. The topological polar surface area (TPSA) is 38.8 Å². The molecule has 0 bridgehead atoms. The summed E-state index contributed by atoms with van der Waals surface area (Å²) in [4.78, 5) is 14.2. The molecule has 2 aromatic carbocycles. The number of fused-ring (bicyclic) bond motifs is 1.